The molecule has 0 amide bonds. The molecule has 76 valence electrons. The van der Waals surface area contributed by atoms with Crippen LogP contribution in [0.4, 0.5) is 0 Å². The van der Waals surface area contributed by atoms with Gasteiger partial charge in [-0.25, -0.2) is 0 Å². The number of carbonyl (C=O) groups is 2. The predicted molar refractivity (Wildman–Crippen MR) is 51.9 cm³/mol. The SMILES string of the molecule is CC(=O)c1ccncc1.CCOC=O. The first-order valence-electron chi connectivity index (χ1n) is 4.18. The van der Waals surface area contributed by atoms with E-state index < -0.39 is 0 Å². The minimum Gasteiger partial charge on any atom is -0.468 e. The number of carbonyl (C=O) groups excluding carboxylic acids is 2. The number of aromatic nitrogens is 1. The van der Waals surface area contributed by atoms with Gasteiger partial charge in [0.05, 0.1) is 6.61 Å². The third kappa shape index (κ3) is 5.88. The van der Waals surface area contributed by atoms with E-state index in [1.165, 1.54) is 6.92 Å². The molecule has 0 radical (unpaired) electrons. The normalized spacial score (nSPS) is 8.14. The van der Waals surface area contributed by atoms with Crippen molar-refractivity contribution in [2.45, 2.75) is 13.8 Å². The van der Waals surface area contributed by atoms with Crippen molar-refractivity contribution in [3.8, 4) is 0 Å². The van der Waals surface area contributed by atoms with Gasteiger partial charge in [-0.05, 0) is 26.0 Å². The molecule has 14 heavy (non-hydrogen) atoms. The fourth-order valence-corrected chi connectivity index (χ4v) is 0.655. The molecule has 4 nitrogen and oxygen atoms in total. The van der Waals surface area contributed by atoms with Crippen molar-refractivity contribution in [3.05, 3.63) is 30.1 Å². The molecule has 0 spiro atoms. The first kappa shape index (κ1) is 12.3. The highest BCUT2D eigenvalue weighted by Crippen LogP contribution is 1.95. The Morgan fingerprint density at radius 1 is 1.50 bits per heavy atom. The summed E-state index contributed by atoms with van der Waals surface area (Å²) in [5.74, 6) is 0.0809. The molecule has 0 N–H and O–H groups in total. The number of pyridine rings is 1. The second kappa shape index (κ2) is 7.91. The van der Waals surface area contributed by atoms with Gasteiger partial charge in [-0.2, -0.15) is 0 Å². The zero-order chi connectivity index (χ0) is 10.8. The number of ether oxygens (including phenoxy) is 1. The lowest BCUT2D eigenvalue weighted by Gasteiger charge is -1.88. The van der Waals surface area contributed by atoms with Gasteiger partial charge in [-0.3, -0.25) is 14.6 Å². The van der Waals surface area contributed by atoms with E-state index >= 15 is 0 Å². The van der Waals surface area contributed by atoms with E-state index in [1.807, 2.05) is 0 Å². The highest BCUT2D eigenvalue weighted by Gasteiger charge is 1.93. The average Bonchev–Trinajstić information content (AvgIpc) is 2.21. The molecule has 0 unspecified atom stereocenters. The molecule has 1 rings (SSSR count). The second-order valence-corrected chi connectivity index (χ2v) is 2.34. The fourth-order valence-electron chi connectivity index (χ4n) is 0.655. The summed E-state index contributed by atoms with van der Waals surface area (Å²) in [5, 5.41) is 0. The third-order valence-electron chi connectivity index (χ3n) is 1.32. The van der Waals surface area contributed by atoms with E-state index in [1.54, 1.807) is 31.5 Å². The summed E-state index contributed by atoms with van der Waals surface area (Å²) in [6.07, 6.45) is 3.22. The van der Waals surface area contributed by atoms with Crippen LogP contribution >= 0.6 is 0 Å². The van der Waals surface area contributed by atoms with E-state index in [0.717, 1.165) is 0 Å². The number of nitrogens with zero attached hydrogens (tertiary/aromatic N) is 1. The van der Waals surface area contributed by atoms with Gasteiger partial charge in [0.25, 0.3) is 6.47 Å². The molecular weight excluding hydrogens is 182 g/mol. The Bertz CT molecular complexity index is 272. The summed E-state index contributed by atoms with van der Waals surface area (Å²) in [4.78, 5) is 23.6. The van der Waals surface area contributed by atoms with Gasteiger partial charge in [0.15, 0.2) is 5.78 Å². The van der Waals surface area contributed by atoms with Crippen molar-refractivity contribution in [2.75, 3.05) is 6.61 Å². The summed E-state index contributed by atoms with van der Waals surface area (Å²) in [7, 11) is 0. The summed E-state index contributed by atoms with van der Waals surface area (Å²) >= 11 is 0. The summed E-state index contributed by atoms with van der Waals surface area (Å²) in [6.45, 7) is 4.20. The van der Waals surface area contributed by atoms with Crippen LogP contribution in [0.25, 0.3) is 0 Å². The number of hydrogen-bond donors (Lipinski definition) is 0. The molecule has 0 saturated carbocycles. The van der Waals surface area contributed by atoms with Crippen LogP contribution in [0.5, 0.6) is 0 Å². The molecule has 0 aliphatic carbocycles. The molecule has 0 atom stereocenters. The maximum absolute atomic E-state index is 10.6. The number of ketones is 1. The van der Waals surface area contributed by atoms with Gasteiger partial charge in [-0.1, -0.05) is 0 Å². The Hall–Kier alpha value is -1.71. The molecule has 1 heterocycles. The van der Waals surface area contributed by atoms with Gasteiger partial charge in [-0.15, -0.1) is 0 Å². The number of hydrogen-bond acceptors (Lipinski definition) is 4. The highest BCUT2D eigenvalue weighted by molar-refractivity contribution is 5.93. The molecule has 0 aliphatic rings. The van der Waals surface area contributed by atoms with Crippen molar-refractivity contribution in [1.82, 2.24) is 4.98 Å². The van der Waals surface area contributed by atoms with E-state index in [9.17, 15) is 9.59 Å². The fraction of sp³-hybridized carbons (Fsp3) is 0.300. The van der Waals surface area contributed by atoms with E-state index in [4.69, 9.17) is 0 Å². The Morgan fingerprint density at radius 3 is 2.29 bits per heavy atom. The first-order valence-corrected chi connectivity index (χ1v) is 4.18. The smallest absolute Gasteiger partial charge is 0.293 e. The minimum atomic E-state index is 0.0809. The maximum Gasteiger partial charge on any atom is 0.293 e. The van der Waals surface area contributed by atoms with E-state index in [-0.39, 0.29) is 5.78 Å². The molecule has 1 aromatic heterocycles. The maximum atomic E-state index is 10.6. The van der Waals surface area contributed by atoms with Crippen molar-refractivity contribution >= 4 is 12.3 Å². The van der Waals surface area contributed by atoms with Crippen LogP contribution in [0.1, 0.15) is 24.2 Å². The Morgan fingerprint density at radius 2 is 2.07 bits per heavy atom. The van der Waals surface area contributed by atoms with Gasteiger partial charge >= 0.3 is 0 Å². The minimum absolute atomic E-state index is 0.0809. The van der Waals surface area contributed by atoms with E-state index in [0.29, 0.717) is 18.6 Å². The molecule has 0 saturated heterocycles. The van der Waals surface area contributed by atoms with E-state index in [2.05, 4.69) is 9.72 Å². The van der Waals surface area contributed by atoms with Gasteiger partial charge in [0, 0.05) is 18.0 Å². The second-order valence-electron chi connectivity index (χ2n) is 2.34. The molecule has 0 fully saturated rings. The predicted octanol–water partition coefficient (Wildman–Crippen LogP) is 1.46. The number of rotatable bonds is 3. The zero-order valence-corrected chi connectivity index (χ0v) is 8.27. The van der Waals surface area contributed by atoms with Crippen LogP contribution in [0.2, 0.25) is 0 Å². The van der Waals surface area contributed by atoms with Crippen LogP contribution in [0.15, 0.2) is 24.5 Å². The molecule has 1 aromatic rings. The van der Waals surface area contributed by atoms with Crippen LogP contribution in [-0.4, -0.2) is 23.8 Å². The Labute approximate surface area is 82.9 Å². The standard InChI is InChI=1S/C7H7NO.C3H6O2/c1-6(9)7-2-4-8-5-3-7;1-2-5-3-4/h2-5H,1H3;3H,2H2,1H3. The Balaban J connectivity index is 0.000000292. The highest BCUT2D eigenvalue weighted by atomic mass is 16.5. The first-order chi connectivity index (χ1) is 6.72. The van der Waals surface area contributed by atoms with Crippen molar-refractivity contribution in [3.63, 3.8) is 0 Å². The monoisotopic (exact) mass is 195 g/mol. The molecule has 0 aliphatic heterocycles. The molecule has 0 bridgehead atoms. The summed E-state index contributed by atoms with van der Waals surface area (Å²) in [5.41, 5.74) is 0.713. The lowest BCUT2D eigenvalue weighted by atomic mass is 10.2. The largest absolute Gasteiger partial charge is 0.468 e. The lowest BCUT2D eigenvalue weighted by Crippen LogP contribution is -1.89. The van der Waals surface area contributed by atoms with Gasteiger partial charge in [0.1, 0.15) is 0 Å². The summed E-state index contributed by atoms with van der Waals surface area (Å²) < 4.78 is 4.15. The van der Waals surface area contributed by atoms with Crippen molar-refractivity contribution in [1.29, 1.82) is 0 Å². The Kier molecular flexibility index (Phi) is 6.95. The van der Waals surface area contributed by atoms with Crippen molar-refractivity contribution in [2.24, 2.45) is 0 Å². The zero-order valence-electron chi connectivity index (χ0n) is 8.27. The molecular formula is C10H13NO3. The van der Waals surface area contributed by atoms with Crippen LogP contribution in [0.3, 0.4) is 0 Å². The van der Waals surface area contributed by atoms with Crippen LogP contribution < -0.4 is 0 Å². The average molecular weight is 195 g/mol. The topological polar surface area (TPSA) is 56.3 Å². The van der Waals surface area contributed by atoms with Crippen LogP contribution in [0, 0.1) is 0 Å². The summed E-state index contributed by atoms with van der Waals surface area (Å²) in [6, 6.07) is 3.39. The third-order valence-corrected chi connectivity index (χ3v) is 1.32. The van der Waals surface area contributed by atoms with Crippen LogP contribution in [-0.2, 0) is 9.53 Å². The lowest BCUT2D eigenvalue weighted by molar-refractivity contribution is -0.128. The quantitative estimate of drug-likeness (QED) is 0.541. The van der Waals surface area contributed by atoms with Crippen molar-refractivity contribution < 1.29 is 14.3 Å². The molecule has 0 aromatic carbocycles. The van der Waals surface area contributed by atoms with Gasteiger partial charge in [0.2, 0.25) is 0 Å². The van der Waals surface area contributed by atoms with Gasteiger partial charge < -0.3 is 4.74 Å². The number of Topliss-reactive ketones (excluding diaryl/α,β-unsaturated/α-hetero) is 1. The molecule has 4 heteroatoms.